The average molecular weight is 262 g/mol. The second-order valence-corrected chi connectivity index (χ2v) is 3.59. The Hall–Kier alpha value is -2.83. The molecule has 0 aliphatic carbocycles. The van der Waals surface area contributed by atoms with Crippen LogP contribution in [0.5, 0.6) is 5.75 Å². The van der Waals surface area contributed by atoms with Crippen molar-refractivity contribution in [3.8, 4) is 17.1 Å². The third kappa shape index (κ3) is 2.54. The number of ether oxygens (including phenoxy) is 1. The minimum Gasteiger partial charge on any atom is -0.490 e. The third-order valence-corrected chi connectivity index (χ3v) is 2.47. The summed E-state index contributed by atoms with van der Waals surface area (Å²) in [5.41, 5.74) is 0.509. The molecular weight excluding hydrogens is 252 g/mol. The molecule has 1 aromatic heterocycles. The van der Waals surface area contributed by atoms with Gasteiger partial charge in [-0.1, -0.05) is 5.16 Å². The summed E-state index contributed by atoms with van der Waals surface area (Å²) in [4.78, 5) is 10.3. The second kappa shape index (κ2) is 5.21. The Bertz CT molecular complexity index is 633. The van der Waals surface area contributed by atoms with Crippen molar-refractivity contribution in [3.63, 3.8) is 0 Å². The second-order valence-electron chi connectivity index (χ2n) is 3.59. The van der Waals surface area contributed by atoms with E-state index in [0.29, 0.717) is 17.1 Å². The summed E-state index contributed by atoms with van der Waals surface area (Å²) >= 11 is 0. The van der Waals surface area contributed by atoms with E-state index in [2.05, 4.69) is 5.16 Å². The van der Waals surface area contributed by atoms with Crippen LogP contribution in [0.15, 0.2) is 39.9 Å². The van der Waals surface area contributed by atoms with E-state index in [4.69, 9.17) is 14.4 Å². The summed E-state index contributed by atoms with van der Waals surface area (Å²) in [5, 5.41) is 22.0. The Morgan fingerprint density at radius 2 is 2.21 bits per heavy atom. The van der Waals surface area contributed by atoms with Gasteiger partial charge in [-0.2, -0.15) is 0 Å². The van der Waals surface area contributed by atoms with Gasteiger partial charge >= 0.3 is 5.69 Å². The zero-order valence-electron chi connectivity index (χ0n) is 9.94. The van der Waals surface area contributed by atoms with E-state index in [1.165, 1.54) is 19.2 Å². The Labute approximate surface area is 107 Å². The van der Waals surface area contributed by atoms with E-state index >= 15 is 0 Å². The lowest BCUT2D eigenvalue weighted by Gasteiger charge is -2.03. The fraction of sp³-hybridized carbons (Fsp3) is 0.0833. The summed E-state index contributed by atoms with van der Waals surface area (Å²) in [5.74, 6) is 1.01. The first-order valence-electron chi connectivity index (χ1n) is 5.25. The van der Waals surface area contributed by atoms with Gasteiger partial charge in [0.05, 0.1) is 12.0 Å². The van der Waals surface area contributed by atoms with Crippen LogP contribution in [0.3, 0.4) is 0 Å². The first-order valence-corrected chi connectivity index (χ1v) is 5.25. The molecule has 0 atom stereocenters. The van der Waals surface area contributed by atoms with Gasteiger partial charge in [0.15, 0.2) is 5.75 Å². The Morgan fingerprint density at radius 3 is 2.84 bits per heavy atom. The highest BCUT2D eigenvalue weighted by molar-refractivity contribution is 5.77. The molecule has 0 aliphatic rings. The maximum atomic E-state index is 10.8. The van der Waals surface area contributed by atoms with Crippen molar-refractivity contribution in [1.29, 1.82) is 0 Å². The molecule has 0 amide bonds. The van der Waals surface area contributed by atoms with Crippen molar-refractivity contribution in [3.05, 3.63) is 46.2 Å². The number of nitro groups is 1. The molecule has 0 fully saturated rings. The Kier molecular flexibility index (Phi) is 3.46. The van der Waals surface area contributed by atoms with Crippen LogP contribution in [-0.2, 0) is 0 Å². The van der Waals surface area contributed by atoms with Gasteiger partial charge in [0.1, 0.15) is 17.7 Å². The van der Waals surface area contributed by atoms with E-state index in [1.807, 2.05) is 0 Å². The third-order valence-electron chi connectivity index (χ3n) is 2.47. The molecule has 0 radical (unpaired) electrons. The van der Waals surface area contributed by atoms with Gasteiger partial charge in [-0.25, -0.2) is 0 Å². The van der Waals surface area contributed by atoms with Crippen LogP contribution in [0.4, 0.5) is 5.69 Å². The van der Waals surface area contributed by atoms with Crippen molar-refractivity contribution >= 4 is 11.9 Å². The maximum absolute atomic E-state index is 10.8. The fourth-order valence-corrected chi connectivity index (χ4v) is 1.62. The molecule has 1 N–H and O–H groups in total. The van der Waals surface area contributed by atoms with Crippen LogP contribution in [-0.4, -0.2) is 23.5 Å². The SMILES string of the molecule is COc1cc(-c2ccc(/C=N\O)o2)ccc1[N+](=O)[O-]. The standard InChI is InChI=1S/C12H10N2O5/c1-18-12-6-8(2-4-10(12)14(16)17)11-5-3-9(19-11)7-13-15/h2-7,15H,1H3/b13-7-. The van der Waals surface area contributed by atoms with Gasteiger partial charge in [0.25, 0.3) is 0 Å². The van der Waals surface area contributed by atoms with E-state index in [1.54, 1.807) is 18.2 Å². The molecule has 1 heterocycles. The molecule has 7 heteroatoms. The predicted molar refractivity (Wildman–Crippen MR) is 66.7 cm³/mol. The molecular formula is C12H10N2O5. The van der Waals surface area contributed by atoms with E-state index in [0.717, 1.165) is 6.21 Å². The fourth-order valence-electron chi connectivity index (χ4n) is 1.62. The Balaban J connectivity index is 2.42. The normalized spacial score (nSPS) is 10.8. The number of furan rings is 1. The molecule has 7 nitrogen and oxygen atoms in total. The molecule has 2 aromatic rings. The zero-order valence-corrected chi connectivity index (χ0v) is 9.94. The number of nitro benzene ring substituents is 1. The molecule has 0 saturated heterocycles. The van der Waals surface area contributed by atoms with Crippen LogP contribution in [0.25, 0.3) is 11.3 Å². The minimum absolute atomic E-state index is 0.116. The van der Waals surface area contributed by atoms with Gasteiger partial charge < -0.3 is 14.4 Å². The monoisotopic (exact) mass is 262 g/mol. The summed E-state index contributed by atoms with van der Waals surface area (Å²) in [7, 11) is 1.36. The van der Waals surface area contributed by atoms with E-state index < -0.39 is 4.92 Å². The first-order chi connectivity index (χ1) is 9.15. The minimum atomic E-state index is -0.519. The highest BCUT2D eigenvalue weighted by atomic mass is 16.6. The molecule has 0 bridgehead atoms. The molecule has 1 aromatic carbocycles. The number of oxime groups is 1. The lowest BCUT2D eigenvalue weighted by atomic mass is 10.1. The van der Waals surface area contributed by atoms with Gasteiger partial charge in [0.2, 0.25) is 0 Å². The van der Waals surface area contributed by atoms with Gasteiger partial charge in [-0.05, 0) is 24.3 Å². The molecule has 0 unspecified atom stereocenters. The van der Waals surface area contributed by atoms with Crippen LogP contribution in [0.2, 0.25) is 0 Å². The maximum Gasteiger partial charge on any atom is 0.310 e. The van der Waals surface area contributed by atoms with Crippen molar-refractivity contribution in [2.24, 2.45) is 5.16 Å². The number of hydrogen-bond donors (Lipinski definition) is 1. The number of nitrogens with zero attached hydrogens (tertiary/aromatic N) is 2. The van der Waals surface area contributed by atoms with E-state index in [-0.39, 0.29) is 11.4 Å². The molecule has 98 valence electrons. The van der Waals surface area contributed by atoms with E-state index in [9.17, 15) is 10.1 Å². The topological polar surface area (TPSA) is 98.1 Å². The van der Waals surface area contributed by atoms with Crippen LogP contribution in [0.1, 0.15) is 5.76 Å². The summed E-state index contributed by atoms with van der Waals surface area (Å²) < 4.78 is 10.3. The van der Waals surface area contributed by atoms with Crippen molar-refractivity contribution in [1.82, 2.24) is 0 Å². The van der Waals surface area contributed by atoms with Crippen LogP contribution in [0, 0.1) is 10.1 Å². The number of benzene rings is 1. The number of methoxy groups -OCH3 is 1. The van der Waals surface area contributed by atoms with Gasteiger partial charge in [-0.3, -0.25) is 10.1 Å². The number of hydrogen-bond acceptors (Lipinski definition) is 6. The molecule has 0 aliphatic heterocycles. The van der Waals surface area contributed by atoms with Crippen molar-refractivity contribution in [2.75, 3.05) is 7.11 Å². The quantitative estimate of drug-likeness (QED) is 0.395. The highest BCUT2D eigenvalue weighted by Gasteiger charge is 2.16. The lowest BCUT2D eigenvalue weighted by Crippen LogP contribution is -1.93. The first kappa shape index (κ1) is 12.6. The lowest BCUT2D eigenvalue weighted by molar-refractivity contribution is -0.385. The van der Waals surface area contributed by atoms with Crippen molar-refractivity contribution < 1.29 is 19.3 Å². The number of rotatable bonds is 4. The Morgan fingerprint density at radius 1 is 1.42 bits per heavy atom. The molecule has 2 rings (SSSR count). The van der Waals surface area contributed by atoms with Crippen LogP contribution >= 0.6 is 0 Å². The van der Waals surface area contributed by atoms with Crippen molar-refractivity contribution in [2.45, 2.75) is 0 Å². The predicted octanol–water partition coefficient (Wildman–Crippen LogP) is 2.67. The van der Waals surface area contributed by atoms with Gasteiger partial charge in [-0.15, -0.1) is 0 Å². The highest BCUT2D eigenvalue weighted by Crippen LogP contribution is 2.32. The molecule has 0 saturated carbocycles. The van der Waals surface area contributed by atoms with Gasteiger partial charge in [0, 0.05) is 11.6 Å². The summed E-state index contributed by atoms with van der Waals surface area (Å²) in [6.07, 6.45) is 1.14. The summed E-state index contributed by atoms with van der Waals surface area (Å²) in [6.45, 7) is 0. The molecule has 0 spiro atoms. The molecule has 19 heavy (non-hydrogen) atoms. The zero-order chi connectivity index (χ0) is 13.8. The van der Waals surface area contributed by atoms with Crippen LogP contribution < -0.4 is 4.74 Å². The average Bonchev–Trinajstić information content (AvgIpc) is 2.87. The summed E-state index contributed by atoms with van der Waals surface area (Å²) in [6, 6.07) is 7.69. The largest absolute Gasteiger partial charge is 0.490 e. The smallest absolute Gasteiger partial charge is 0.310 e.